The Labute approximate surface area is 148 Å². The van der Waals surface area contributed by atoms with Gasteiger partial charge in [-0.3, -0.25) is 0 Å². The molecule has 6 rings (SSSR count). The van der Waals surface area contributed by atoms with Crippen molar-refractivity contribution in [3.8, 4) is 6.07 Å². The second-order valence-corrected chi connectivity index (χ2v) is 7.80. The maximum atomic E-state index is 14.0. The van der Waals surface area contributed by atoms with E-state index < -0.39 is 6.17 Å². The van der Waals surface area contributed by atoms with E-state index in [0.717, 1.165) is 30.9 Å². The maximum Gasteiger partial charge on any atom is 0.241 e. The number of hydrogen-bond acceptors (Lipinski definition) is 5. The zero-order chi connectivity index (χ0) is 17.2. The van der Waals surface area contributed by atoms with Crippen LogP contribution < -0.4 is 5.32 Å². The van der Waals surface area contributed by atoms with Crippen molar-refractivity contribution >= 4 is 23.1 Å². The highest BCUT2D eigenvalue weighted by Gasteiger charge is 2.60. The molecule has 1 N–H and O–H groups in total. The summed E-state index contributed by atoms with van der Waals surface area (Å²) in [6.45, 7) is 0.605. The standard InChI is InChI=1S/C17H17ClFN5O/c18-14-10(6-20)15(17-3-9(4-17)5-17)24-13(14)7-21-16(23-24)22-12-1-2-25-8-11(12)19/h7,9,11-12H,1-5,8H2,(H,22,23)/t9?,11-,12-,17?/m1/s1. The number of alkyl halides is 1. The van der Waals surface area contributed by atoms with Crippen LogP contribution in [0.2, 0.25) is 5.02 Å². The average Bonchev–Trinajstić information content (AvgIpc) is 2.79. The lowest BCUT2D eigenvalue weighted by Crippen LogP contribution is -2.56. The summed E-state index contributed by atoms with van der Waals surface area (Å²) in [5.74, 6) is 1.12. The van der Waals surface area contributed by atoms with Gasteiger partial charge in [-0.15, -0.1) is 5.10 Å². The molecule has 0 spiro atoms. The van der Waals surface area contributed by atoms with E-state index in [1.165, 1.54) is 0 Å². The van der Waals surface area contributed by atoms with Crippen molar-refractivity contribution in [2.45, 2.75) is 43.3 Å². The van der Waals surface area contributed by atoms with Crippen molar-refractivity contribution in [3.05, 3.63) is 22.5 Å². The Hall–Kier alpha value is -1.91. The molecule has 3 heterocycles. The van der Waals surface area contributed by atoms with E-state index in [1.54, 1.807) is 10.7 Å². The first kappa shape index (κ1) is 15.4. The number of nitrogens with one attached hydrogen (secondary N) is 1. The molecule has 3 saturated carbocycles. The van der Waals surface area contributed by atoms with Crippen LogP contribution in [0.1, 0.15) is 36.9 Å². The van der Waals surface area contributed by atoms with Crippen LogP contribution in [-0.2, 0) is 10.2 Å². The van der Waals surface area contributed by atoms with Gasteiger partial charge in [0, 0.05) is 12.0 Å². The van der Waals surface area contributed by atoms with Gasteiger partial charge in [-0.25, -0.2) is 13.9 Å². The van der Waals surface area contributed by atoms with Crippen LogP contribution in [0.3, 0.4) is 0 Å². The van der Waals surface area contributed by atoms with E-state index in [1.807, 2.05) is 0 Å². The van der Waals surface area contributed by atoms with Crippen molar-refractivity contribution in [3.63, 3.8) is 0 Å². The van der Waals surface area contributed by atoms with E-state index in [9.17, 15) is 9.65 Å². The van der Waals surface area contributed by atoms with Crippen LogP contribution in [0.15, 0.2) is 6.20 Å². The Morgan fingerprint density at radius 2 is 2.24 bits per heavy atom. The number of fused-ring (bicyclic) bond motifs is 1. The molecule has 1 aliphatic heterocycles. The van der Waals surface area contributed by atoms with Gasteiger partial charge in [0.2, 0.25) is 5.95 Å². The average molecular weight is 362 g/mol. The third-order valence-corrected chi connectivity index (χ3v) is 6.26. The fourth-order valence-corrected chi connectivity index (χ4v) is 4.73. The lowest BCUT2D eigenvalue weighted by atomic mass is 9.43. The minimum absolute atomic E-state index is 0.0265. The molecule has 2 bridgehead atoms. The van der Waals surface area contributed by atoms with Crippen LogP contribution in [0, 0.1) is 17.2 Å². The highest BCUT2D eigenvalue weighted by atomic mass is 35.5. The first-order valence-corrected chi connectivity index (χ1v) is 8.95. The molecule has 2 aromatic rings. The molecule has 2 aromatic heterocycles. The summed E-state index contributed by atoms with van der Waals surface area (Å²) < 4.78 is 20.9. The van der Waals surface area contributed by atoms with Crippen LogP contribution in [0.4, 0.5) is 10.3 Å². The number of anilines is 1. The van der Waals surface area contributed by atoms with Gasteiger partial charge in [0.25, 0.3) is 0 Å². The van der Waals surface area contributed by atoms with Crippen LogP contribution in [0.5, 0.6) is 0 Å². The van der Waals surface area contributed by atoms with E-state index in [2.05, 4.69) is 21.5 Å². The minimum Gasteiger partial charge on any atom is -0.378 e. The summed E-state index contributed by atoms with van der Waals surface area (Å²) in [4.78, 5) is 4.28. The van der Waals surface area contributed by atoms with Gasteiger partial charge < -0.3 is 10.1 Å². The summed E-state index contributed by atoms with van der Waals surface area (Å²) in [7, 11) is 0. The largest absolute Gasteiger partial charge is 0.378 e. The predicted molar refractivity (Wildman–Crippen MR) is 89.5 cm³/mol. The van der Waals surface area contributed by atoms with Crippen molar-refractivity contribution in [2.24, 2.45) is 5.92 Å². The molecular formula is C17H17ClFN5O. The van der Waals surface area contributed by atoms with Gasteiger partial charge in [-0.1, -0.05) is 11.6 Å². The smallest absolute Gasteiger partial charge is 0.241 e. The molecular weight excluding hydrogens is 345 g/mol. The maximum absolute atomic E-state index is 14.0. The van der Waals surface area contributed by atoms with Crippen molar-refractivity contribution in [2.75, 3.05) is 18.5 Å². The molecule has 3 aliphatic carbocycles. The number of nitrogens with zero attached hydrogens (tertiary/aromatic N) is 4. The second-order valence-electron chi connectivity index (χ2n) is 7.42. The van der Waals surface area contributed by atoms with Crippen LogP contribution in [0.25, 0.3) is 5.52 Å². The first-order chi connectivity index (χ1) is 12.1. The molecule has 25 heavy (non-hydrogen) atoms. The van der Waals surface area contributed by atoms with Gasteiger partial charge in [-0.2, -0.15) is 5.26 Å². The number of aromatic nitrogens is 3. The Kier molecular flexibility index (Phi) is 3.25. The van der Waals surface area contributed by atoms with Gasteiger partial charge in [0.05, 0.1) is 35.1 Å². The van der Waals surface area contributed by atoms with Crippen molar-refractivity contribution in [1.29, 1.82) is 5.26 Å². The van der Waals surface area contributed by atoms with E-state index in [-0.39, 0.29) is 18.1 Å². The molecule has 0 amide bonds. The van der Waals surface area contributed by atoms with Crippen molar-refractivity contribution < 1.29 is 9.13 Å². The summed E-state index contributed by atoms with van der Waals surface area (Å²) >= 11 is 6.41. The molecule has 0 aromatic carbocycles. The summed E-state index contributed by atoms with van der Waals surface area (Å²) in [5, 5.41) is 17.6. The number of rotatable bonds is 3. The monoisotopic (exact) mass is 361 g/mol. The predicted octanol–water partition coefficient (Wildman–Crippen LogP) is 2.84. The zero-order valence-electron chi connectivity index (χ0n) is 13.5. The van der Waals surface area contributed by atoms with E-state index >= 15 is 0 Å². The van der Waals surface area contributed by atoms with Gasteiger partial charge in [0.15, 0.2) is 0 Å². The number of halogens is 2. The lowest BCUT2D eigenvalue weighted by molar-refractivity contribution is -0.0323. The van der Waals surface area contributed by atoms with E-state index in [4.69, 9.17) is 16.3 Å². The third kappa shape index (κ3) is 2.10. The molecule has 0 unspecified atom stereocenters. The molecule has 2 atom stereocenters. The fraction of sp³-hybridized carbons (Fsp3) is 0.588. The van der Waals surface area contributed by atoms with Crippen molar-refractivity contribution in [1.82, 2.24) is 14.6 Å². The van der Waals surface area contributed by atoms with E-state index in [0.29, 0.717) is 35.1 Å². The van der Waals surface area contributed by atoms with Gasteiger partial charge in [-0.05, 0) is 31.6 Å². The normalized spacial score (nSPS) is 33.4. The zero-order valence-corrected chi connectivity index (χ0v) is 14.3. The fourth-order valence-electron chi connectivity index (χ4n) is 4.47. The molecule has 8 heteroatoms. The topological polar surface area (TPSA) is 75.2 Å². The molecule has 4 fully saturated rings. The molecule has 0 radical (unpaired) electrons. The minimum atomic E-state index is -1.09. The van der Waals surface area contributed by atoms with Gasteiger partial charge >= 0.3 is 0 Å². The molecule has 1 saturated heterocycles. The Morgan fingerprint density at radius 1 is 1.44 bits per heavy atom. The Balaban J connectivity index is 1.57. The molecule has 6 nitrogen and oxygen atoms in total. The SMILES string of the molecule is N#Cc1c(Cl)c2cnc(N[C@@H]3CCOC[C@H]3F)nn2c1C12CC(C1)C2. The van der Waals surface area contributed by atoms with Crippen LogP contribution in [-0.4, -0.2) is 40.0 Å². The number of ether oxygens (including phenoxy) is 1. The summed E-state index contributed by atoms with van der Waals surface area (Å²) in [6, 6.07) is 1.87. The summed E-state index contributed by atoms with van der Waals surface area (Å²) in [6.07, 6.45) is 4.35. The van der Waals surface area contributed by atoms with Gasteiger partial charge in [0.1, 0.15) is 17.8 Å². The lowest BCUT2D eigenvalue weighted by Gasteiger charge is -2.61. The highest BCUT2D eigenvalue weighted by molar-refractivity contribution is 6.35. The first-order valence-electron chi connectivity index (χ1n) is 8.57. The van der Waals surface area contributed by atoms with Crippen LogP contribution >= 0.6 is 11.6 Å². The second kappa shape index (κ2) is 5.29. The highest BCUT2D eigenvalue weighted by Crippen LogP contribution is 2.66. The quantitative estimate of drug-likeness (QED) is 0.909. The molecule has 130 valence electrons. The number of hydrogen-bond donors (Lipinski definition) is 1. The number of nitriles is 1. The third-order valence-electron chi connectivity index (χ3n) is 5.88. The Morgan fingerprint density at radius 3 is 2.88 bits per heavy atom. The summed E-state index contributed by atoms with van der Waals surface area (Å²) in [5.41, 5.74) is 2.05. The molecule has 4 aliphatic rings. The Bertz CT molecular complexity index is 890.